The summed E-state index contributed by atoms with van der Waals surface area (Å²) in [5.74, 6) is 3.48. The monoisotopic (exact) mass is 348 g/mol. The fraction of sp³-hybridized carbons (Fsp3) is 0.500. The minimum Gasteiger partial charge on any atom is -0.473 e. The number of hydrogen-bond acceptors (Lipinski definition) is 7. The molecule has 1 amide bonds. The molecular formula is C16H20N4O3S. The van der Waals surface area contributed by atoms with Gasteiger partial charge >= 0.3 is 0 Å². The maximum absolute atomic E-state index is 12.4. The Bertz CT molecular complexity index is 685. The van der Waals surface area contributed by atoms with Gasteiger partial charge in [-0.3, -0.25) is 4.79 Å². The number of nitrogens with zero attached hydrogens (tertiary/aromatic N) is 3. The largest absolute Gasteiger partial charge is 0.473 e. The zero-order valence-electron chi connectivity index (χ0n) is 13.5. The Kier molecular flexibility index (Phi) is 5.68. The number of pyridine rings is 1. The third-order valence-corrected chi connectivity index (χ3v) is 4.74. The normalized spacial score (nSPS) is 17.0. The molecule has 0 aromatic carbocycles. The molecule has 1 aliphatic rings. The lowest BCUT2D eigenvalue weighted by Gasteiger charge is -2.14. The van der Waals surface area contributed by atoms with E-state index in [4.69, 9.17) is 9.26 Å². The number of rotatable bonds is 7. The van der Waals surface area contributed by atoms with Crippen LogP contribution in [0.4, 0.5) is 0 Å². The number of thioether (sulfide) groups is 1. The van der Waals surface area contributed by atoms with E-state index in [2.05, 4.69) is 20.4 Å². The summed E-state index contributed by atoms with van der Waals surface area (Å²) in [6.07, 6.45) is 4.13. The molecule has 1 atom stereocenters. The minimum atomic E-state index is -0.176. The third kappa shape index (κ3) is 4.47. The average molecular weight is 348 g/mol. The van der Waals surface area contributed by atoms with Crippen molar-refractivity contribution in [2.24, 2.45) is 0 Å². The highest BCUT2D eigenvalue weighted by atomic mass is 32.2. The molecule has 1 aliphatic heterocycles. The van der Waals surface area contributed by atoms with Crippen molar-refractivity contribution in [3.63, 3.8) is 0 Å². The summed E-state index contributed by atoms with van der Waals surface area (Å²) in [5.41, 5.74) is 0.475. The molecule has 0 saturated carbocycles. The van der Waals surface area contributed by atoms with Crippen LogP contribution < -0.4 is 10.1 Å². The zero-order chi connectivity index (χ0) is 16.8. The Balaban J connectivity index is 1.50. The SMILES string of the molecule is Cc1noc(CCCNC(=O)c2cccnc2OC2CCSC2)n1. The Morgan fingerprint density at radius 2 is 2.46 bits per heavy atom. The van der Waals surface area contributed by atoms with Crippen LogP contribution in [-0.2, 0) is 6.42 Å². The van der Waals surface area contributed by atoms with E-state index in [-0.39, 0.29) is 12.0 Å². The van der Waals surface area contributed by atoms with Gasteiger partial charge in [-0.15, -0.1) is 0 Å². The molecule has 128 valence electrons. The number of amides is 1. The van der Waals surface area contributed by atoms with Gasteiger partial charge in [-0.25, -0.2) is 4.98 Å². The quantitative estimate of drug-likeness (QED) is 0.766. The van der Waals surface area contributed by atoms with Crippen LogP contribution in [0.2, 0.25) is 0 Å². The van der Waals surface area contributed by atoms with Crippen LogP contribution in [-0.4, -0.2) is 45.2 Å². The van der Waals surface area contributed by atoms with Gasteiger partial charge in [0, 0.05) is 24.9 Å². The maximum Gasteiger partial charge on any atom is 0.256 e. The smallest absolute Gasteiger partial charge is 0.256 e. The van der Waals surface area contributed by atoms with Gasteiger partial charge in [0.05, 0.1) is 0 Å². The van der Waals surface area contributed by atoms with Crippen molar-refractivity contribution < 1.29 is 14.1 Å². The first kappa shape index (κ1) is 16.8. The van der Waals surface area contributed by atoms with Crippen molar-refractivity contribution in [1.82, 2.24) is 20.4 Å². The third-order valence-electron chi connectivity index (χ3n) is 3.60. The van der Waals surface area contributed by atoms with Crippen molar-refractivity contribution in [2.75, 3.05) is 18.1 Å². The van der Waals surface area contributed by atoms with Crippen LogP contribution in [0.3, 0.4) is 0 Å². The van der Waals surface area contributed by atoms with E-state index in [1.165, 1.54) is 0 Å². The number of nitrogens with one attached hydrogen (secondary N) is 1. The second-order valence-corrected chi connectivity index (χ2v) is 6.70. The molecule has 1 unspecified atom stereocenters. The number of aryl methyl sites for hydroxylation is 2. The Morgan fingerprint density at radius 1 is 1.54 bits per heavy atom. The topological polar surface area (TPSA) is 90.1 Å². The molecule has 1 N–H and O–H groups in total. The first-order valence-electron chi connectivity index (χ1n) is 7.99. The molecule has 0 spiro atoms. The number of aromatic nitrogens is 3. The van der Waals surface area contributed by atoms with Gasteiger partial charge in [-0.1, -0.05) is 5.16 Å². The Morgan fingerprint density at radius 3 is 3.21 bits per heavy atom. The highest BCUT2D eigenvalue weighted by molar-refractivity contribution is 7.99. The van der Waals surface area contributed by atoms with Crippen LogP contribution in [0.25, 0.3) is 0 Å². The number of carbonyl (C=O) groups is 1. The maximum atomic E-state index is 12.4. The molecule has 2 aromatic rings. The lowest BCUT2D eigenvalue weighted by molar-refractivity contribution is 0.0945. The number of carbonyl (C=O) groups excluding carboxylic acids is 1. The molecule has 0 bridgehead atoms. The van der Waals surface area contributed by atoms with Gasteiger partial charge < -0.3 is 14.6 Å². The van der Waals surface area contributed by atoms with Gasteiger partial charge in [0.1, 0.15) is 11.7 Å². The molecule has 3 heterocycles. The molecular weight excluding hydrogens is 328 g/mol. The van der Waals surface area contributed by atoms with Gasteiger partial charge in [0.2, 0.25) is 11.8 Å². The molecule has 3 rings (SSSR count). The Labute approximate surface area is 144 Å². The fourth-order valence-corrected chi connectivity index (χ4v) is 3.49. The van der Waals surface area contributed by atoms with E-state index in [0.717, 1.165) is 24.3 Å². The van der Waals surface area contributed by atoms with Gasteiger partial charge in [0.25, 0.3) is 5.91 Å². The minimum absolute atomic E-state index is 0.136. The summed E-state index contributed by atoms with van der Waals surface area (Å²) in [6, 6.07) is 3.48. The highest BCUT2D eigenvalue weighted by Crippen LogP contribution is 2.24. The summed E-state index contributed by atoms with van der Waals surface area (Å²) in [7, 11) is 0. The first-order valence-corrected chi connectivity index (χ1v) is 9.14. The van der Waals surface area contributed by atoms with Crippen molar-refractivity contribution in [3.05, 3.63) is 35.6 Å². The molecule has 1 fully saturated rings. The Hall–Kier alpha value is -2.09. The fourth-order valence-electron chi connectivity index (χ4n) is 2.40. The average Bonchev–Trinajstić information content (AvgIpc) is 3.24. The number of ether oxygens (including phenoxy) is 1. The van der Waals surface area contributed by atoms with Gasteiger partial charge in [-0.05, 0) is 37.7 Å². The zero-order valence-corrected chi connectivity index (χ0v) is 14.3. The molecule has 0 aliphatic carbocycles. The molecule has 2 aromatic heterocycles. The van der Waals surface area contributed by atoms with Crippen molar-refractivity contribution >= 4 is 17.7 Å². The summed E-state index contributed by atoms with van der Waals surface area (Å²) in [4.78, 5) is 20.7. The van der Waals surface area contributed by atoms with Crippen molar-refractivity contribution in [1.29, 1.82) is 0 Å². The summed E-state index contributed by atoms with van der Waals surface area (Å²) in [6.45, 7) is 2.30. The van der Waals surface area contributed by atoms with Crippen LogP contribution in [0.15, 0.2) is 22.9 Å². The summed E-state index contributed by atoms with van der Waals surface area (Å²) >= 11 is 1.86. The van der Waals surface area contributed by atoms with Crippen LogP contribution in [0.5, 0.6) is 5.88 Å². The van der Waals surface area contributed by atoms with Crippen molar-refractivity contribution in [2.45, 2.75) is 32.3 Å². The standard InChI is InChI=1S/C16H20N4O3S/c1-11-19-14(23-20-11)5-3-7-17-15(21)13-4-2-8-18-16(13)22-12-6-9-24-10-12/h2,4,8,12H,3,5-7,9-10H2,1H3,(H,17,21). The summed E-state index contributed by atoms with van der Waals surface area (Å²) in [5, 5.41) is 6.63. The van der Waals surface area contributed by atoms with E-state index < -0.39 is 0 Å². The molecule has 1 saturated heterocycles. The first-order chi connectivity index (χ1) is 11.7. The molecule has 24 heavy (non-hydrogen) atoms. The van der Waals surface area contributed by atoms with Crippen LogP contribution in [0.1, 0.15) is 34.9 Å². The van der Waals surface area contributed by atoms with Crippen LogP contribution >= 0.6 is 11.8 Å². The summed E-state index contributed by atoms with van der Waals surface area (Å²) < 4.78 is 10.9. The van der Waals surface area contributed by atoms with E-state index in [1.54, 1.807) is 25.3 Å². The van der Waals surface area contributed by atoms with E-state index in [9.17, 15) is 4.79 Å². The molecule has 7 nitrogen and oxygen atoms in total. The van der Waals surface area contributed by atoms with Crippen molar-refractivity contribution in [3.8, 4) is 5.88 Å². The second-order valence-electron chi connectivity index (χ2n) is 5.55. The lowest BCUT2D eigenvalue weighted by Crippen LogP contribution is -2.26. The predicted octanol–water partition coefficient (Wildman–Crippen LogP) is 2.02. The predicted molar refractivity (Wildman–Crippen MR) is 90.3 cm³/mol. The van der Waals surface area contributed by atoms with E-state index in [0.29, 0.717) is 36.1 Å². The second kappa shape index (κ2) is 8.14. The van der Waals surface area contributed by atoms with Crippen LogP contribution in [0, 0.1) is 6.92 Å². The lowest BCUT2D eigenvalue weighted by atomic mass is 10.2. The highest BCUT2D eigenvalue weighted by Gasteiger charge is 2.21. The molecule has 0 radical (unpaired) electrons. The van der Waals surface area contributed by atoms with E-state index >= 15 is 0 Å². The van der Waals surface area contributed by atoms with Gasteiger partial charge in [-0.2, -0.15) is 16.7 Å². The van der Waals surface area contributed by atoms with Gasteiger partial charge in [0.15, 0.2) is 5.82 Å². The molecule has 8 heteroatoms. The number of hydrogen-bond donors (Lipinski definition) is 1. The van der Waals surface area contributed by atoms with E-state index in [1.807, 2.05) is 11.8 Å².